The van der Waals surface area contributed by atoms with Crippen molar-refractivity contribution in [2.24, 2.45) is 5.73 Å². The molecule has 2 aliphatic heterocycles. The number of nitrogens with one attached hydrogen (secondary N) is 1. The molecule has 0 radical (unpaired) electrons. The van der Waals surface area contributed by atoms with Crippen LogP contribution in [0.2, 0.25) is 0 Å². The van der Waals surface area contributed by atoms with E-state index < -0.39 is 12.3 Å². The molecule has 2 atom stereocenters. The van der Waals surface area contributed by atoms with Gasteiger partial charge in [0.2, 0.25) is 5.91 Å². The van der Waals surface area contributed by atoms with E-state index in [2.05, 4.69) is 15.2 Å². The number of aromatic nitrogens is 1. The first-order chi connectivity index (χ1) is 18.4. The number of hydrogen-bond donors (Lipinski definition) is 2. The molecule has 1 aromatic heterocycles. The topological polar surface area (TPSA) is 94.8 Å². The molecule has 2 fully saturated rings. The van der Waals surface area contributed by atoms with E-state index in [0.29, 0.717) is 12.1 Å². The smallest absolute Gasteiger partial charge is 0.255 e. The van der Waals surface area contributed by atoms with Crippen molar-refractivity contribution in [1.82, 2.24) is 19.7 Å². The van der Waals surface area contributed by atoms with Gasteiger partial charge >= 0.3 is 0 Å². The van der Waals surface area contributed by atoms with E-state index in [1.54, 1.807) is 18.1 Å². The third-order valence-corrected chi connectivity index (χ3v) is 7.50. The fraction of sp³-hybridized carbons (Fsp3) is 0.414. The molecule has 2 aromatic carbocycles. The zero-order chi connectivity index (χ0) is 26.6. The lowest BCUT2D eigenvalue weighted by Gasteiger charge is -2.34. The van der Waals surface area contributed by atoms with E-state index >= 15 is 0 Å². The highest BCUT2D eigenvalue weighted by molar-refractivity contribution is 6.00. The zero-order valence-electron chi connectivity index (χ0n) is 21.7. The molecule has 0 saturated carbocycles. The van der Waals surface area contributed by atoms with Gasteiger partial charge in [0, 0.05) is 56.4 Å². The highest BCUT2D eigenvalue weighted by atomic mass is 19.1. The molecule has 0 spiro atoms. The van der Waals surface area contributed by atoms with Crippen LogP contribution in [0.4, 0.5) is 10.1 Å². The van der Waals surface area contributed by atoms with Crippen LogP contribution in [-0.4, -0.2) is 83.1 Å². The molecular weight excluding hydrogens is 483 g/mol. The lowest BCUT2D eigenvalue weighted by Crippen LogP contribution is -2.48. The van der Waals surface area contributed by atoms with E-state index in [1.165, 1.54) is 4.90 Å². The maximum atomic E-state index is 13.6. The number of pyridine rings is 1. The lowest BCUT2D eigenvalue weighted by atomic mass is 10.0. The summed E-state index contributed by atoms with van der Waals surface area (Å²) in [7, 11) is 1.80. The van der Waals surface area contributed by atoms with E-state index in [9.17, 15) is 14.0 Å². The largest absolute Gasteiger partial charge is 0.382 e. The number of nitrogens with two attached hydrogens (primary N) is 1. The number of fused-ring (bicyclic) bond motifs is 1. The summed E-state index contributed by atoms with van der Waals surface area (Å²) in [5.74, 6) is -0.175. The summed E-state index contributed by atoms with van der Waals surface area (Å²) in [6.07, 6.45) is 2.04. The minimum absolute atomic E-state index is 0.0761. The second-order valence-corrected chi connectivity index (χ2v) is 10.4. The van der Waals surface area contributed by atoms with Gasteiger partial charge in [-0.2, -0.15) is 0 Å². The maximum absolute atomic E-state index is 13.6. The molecule has 0 unspecified atom stereocenters. The Bertz CT molecular complexity index is 1280. The molecule has 2 aliphatic rings. The molecule has 0 aliphatic carbocycles. The van der Waals surface area contributed by atoms with Crippen LogP contribution in [0.25, 0.3) is 10.9 Å². The lowest BCUT2D eigenvalue weighted by molar-refractivity contribution is -0.133. The average Bonchev–Trinajstić information content (AvgIpc) is 3.27. The van der Waals surface area contributed by atoms with Gasteiger partial charge in [-0.15, -0.1) is 0 Å². The standard InChI is InChI=1S/C29H35FN6O2/c1-34(17-20-6-3-2-4-7-20)29(38)21-14-24-25(32-16-21)8-5-9-26(24)33-23-10-12-35(13-11-23)19-28(37)36-18-22(30)15-27(36)31/h2-9,14,16,22-23,27,33H,10-13,15,17-19,31H2,1H3/t22-,27-/m0/s1. The number of amides is 2. The second-order valence-electron chi connectivity index (χ2n) is 10.4. The monoisotopic (exact) mass is 518 g/mol. The summed E-state index contributed by atoms with van der Waals surface area (Å²) in [6.45, 7) is 2.43. The predicted molar refractivity (Wildman–Crippen MR) is 146 cm³/mol. The van der Waals surface area contributed by atoms with Gasteiger partial charge in [-0.3, -0.25) is 19.5 Å². The minimum atomic E-state index is -1.03. The highest BCUT2D eigenvalue weighted by Gasteiger charge is 2.34. The van der Waals surface area contributed by atoms with Crippen LogP contribution >= 0.6 is 0 Å². The average molecular weight is 519 g/mol. The Labute approximate surface area is 222 Å². The number of likely N-dealkylation sites (tertiary alicyclic amines) is 2. The molecule has 8 nitrogen and oxygen atoms in total. The van der Waals surface area contributed by atoms with Crippen molar-refractivity contribution in [1.29, 1.82) is 0 Å². The summed E-state index contributed by atoms with van der Waals surface area (Å²) >= 11 is 0. The van der Waals surface area contributed by atoms with Crippen molar-refractivity contribution in [2.75, 3.05) is 38.5 Å². The van der Waals surface area contributed by atoms with E-state index in [0.717, 1.165) is 48.1 Å². The van der Waals surface area contributed by atoms with Gasteiger partial charge < -0.3 is 20.9 Å². The number of carbonyl (C=O) groups excluding carboxylic acids is 2. The SMILES string of the molecule is CN(Cc1ccccc1)C(=O)c1cnc2cccc(NC3CCN(CC(=O)N4C[C@@H](F)C[C@H]4N)CC3)c2c1. The molecule has 38 heavy (non-hydrogen) atoms. The van der Waals surface area contributed by atoms with Crippen LogP contribution in [0.15, 0.2) is 60.8 Å². The van der Waals surface area contributed by atoms with Crippen molar-refractivity contribution in [3.05, 3.63) is 71.9 Å². The third kappa shape index (κ3) is 5.95. The molecule has 200 valence electrons. The minimum Gasteiger partial charge on any atom is -0.382 e. The first kappa shape index (κ1) is 26.1. The fourth-order valence-corrected chi connectivity index (χ4v) is 5.38. The Hall–Kier alpha value is -3.56. The van der Waals surface area contributed by atoms with Crippen LogP contribution in [0.1, 0.15) is 35.2 Å². The quantitative estimate of drug-likeness (QED) is 0.499. The van der Waals surface area contributed by atoms with Crippen molar-refractivity contribution in [3.63, 3.8) is 0 Å². The summed E-state index contributed by atoms with van der Waals surface area (Å²) in [4.78, 5) is 35.6. The van der Waals surface area contributed by atoms with Crippen molar-refractivity contribution < 1.29 is 14.0 Å². The highest BCUT2D eigenvalue weighted by Crippen LogP contribution is 2.26. The van der Waals surface area contributed by atoms with Crippen LogP contribution < -0.4 is 11.1 Å². The fourth-order valence-electron chi connectivity index (χ4n) is 5.38. The van der Waals surface area contributed by atoms with Crippen molar-refractivity contribution in [3.8, 4) is 0 Å². The van der Waals surface area contributed by atoms with Crippen LogP contribution in [0.5, 0.6) is 0 Å². The predicted octanol–water partition coefficient (Wildman–Crippen LogP) is 3.24. The first-order valence-corrected chi connectivity index (χ1v) is 13.2. The van der Waals surface area contributed by atoms with Gasteiger partial charge in [0.15, 0.2) is 0 Å². The zero-order valence-corrected chi connectivity index (χ0v) is 21.7. The number of anilines is 1. The molecule has 5 rings (SSSR count). The maximum Gasteiger partial charge on any atom is 0.255 e. The molecule has 2 amide bonds. The van der Waals surface area contributed by atoms with E-state index in [4.69, 9.17) is 5.73 Å². The number of benzene rings is 2. The molecule has 3 N–H and O–H groups in total. The number of carbonyl (C=O) groups is 2. The number of halogens is 1. The molecule has 2 saturated heterocycles. The molecular formula is C29H35FN6O2. The molecule has 3 heterocycles. The number of nitrogens with zero attached hydrogens (tertiary/aromatic N) is 4. The molecule has 3 aromatic rings. The Balaban J connectivity index is 1.21. The third-order valence-electron chi connectivity index (χ3n) is 7.50. The summed E-state index contributed by atoms with van der Waals surface area (Å²) < 4.78 is 13.6. The number of hydrogen-bond acceptors (Lipinski definition) is 6. The van der Waals surface area contributed by atoms with Crippen LogP contribution in [-0.2, 0) is 11.3 Å². The first-order valence-electron chi connectivity index (χ1n) is 13.2. The number of rotatable bonds is 7. The van der Waals surface area contributed by atoms with E-state index in [-0.39, 0.29) is 37.4 Å². The van der Waals surface area contributed by atoms with Gasteiger partial charge in [0.05, 0.1) is 30.3 Å². The van der Waals surface area contributed by atoms with Gasteiger partial charge in [0.1, 0.15) is 6.17 Å². The Morgan fingerprint density at radius 2 is 1.89 bits per heavy atom. The summed E-state index contributed by atoms with van der Waals surface area (Å²) in [5.41, 5.74) is 9.31. The molecule has 9 heteroatoms. The van der Waals surface area contributed by atoms with Crippen molar-refractivity contribution in [2.45, 2.75) is 44.2 Å². The van der Waals surface area contributed by atoms with Crippen molar-refractivity contribution >= 4 is 28.4 Å². The Morgan fingerprint density at radius 3 is 2.61 bits per heavy atom. The summed E-state index contributed by atoms with van der Waals surface area (Å²) in [5, 5.41) is 4.55. The van der Waals surface area contributed by atoms with Gasteiger partial charge in [0.25, 0.3) is 5.91 Å². The van der Waals surface area contributed by atoms with E-state index in [1.807, 2.05) is 54.6 Å². The molecule has 0 bridgehead atoms. The van der Waals surface area contributed by atoms with Crippen LogP contribution in [0.3, 0.4) is 0 Å². The normalized spacial score (nSPS) is 20.6. The van der Waals surface area contributed by atoms with Gasteiger partial charge in [-0.25, -0.2) is 4.39 Å². The van der Waals surface area contributed by atoms with Crippen LogP contribution in [0, 0.1) is 0 Å². The summed E-state index contributed by atoms with van der Waals surface area (Å²) in [6, 6.07) is 18.0. The number of alkyl halides is 1. The Morgan fingerprint density at radius 1 is 1.13 bits per heavy atom. The van der Waals surface area contributed by atoms with Gasteiger partial charge in [-0.1, -0.05) is 36.4 Å². The second kappa shape index (κ2) is 11.4. The van der Waals surface area contributed by atoms with Gasteiger partial charge in [-0.05, 0) is 36.6 Å². The number of piperidine rings is 1. The Kier molecular flexibility index (Phi) is 7.85.